The monoisotopic (exact) mass is 174 g/mol. The van der Waals surface area contributed by atoms with Gasteiger partial charge in [0, 0.05) is 11.1 Å². The largest absolute Gasteiger partial charge is 0.464 e. The number of fused-ring (bicyclic) bond motifs is 1. The number of benzene rings is 1. The molecular weight excluding hydrogens is 166 g/mol. The van der Waals surface area contributed by atoms with Gasteiger partial charge in [-0.3, -0.25) is 4.57 Å². The minimum Gasteiger partial charge on any atom is -0.464 e. The summed E-state index contributed by atoms with van der Waals surface area (Å²) in [5.74, 6) is 0. The van der Waals surface area contributed by atoms with Crippen molar-refractivity contribution in [2.45, 2.75) is 6.92 Å². The smallest absolute Gasteiger partial charge is 0.416 e. The second-order valence-corrected chi connectivity index (χ2v) is 2.87. The molecule has 0 saturated heterocycles. The summed E-state index contributed by atoms with van der Waals surface area (Å²) in [5.41, 5.74) is 1.40. The van der Waals surface area contributed by atoms with Gasteiger partial charge in [-0.25, -0.2) is 4.79 Å². The van der Waals surface area contributed by atoms with Crippen LogP contribution in [0, 0.1) is 13.0 Å². The number of carbonyl (C=O) groups is 1. The fraction of sp³-hybridized carbons (Fsp3) is 0.100. The van der Waals surface area contributed by atoms with Gasteiger partial charge in [-0.1, -0.05) is 12.1 Å². The molecule has 1 heterocycles. The molecule has 0 unspecified atom stereocenters. The quantitative estimate of drug-likeness (QED) is 0.665. The first-order valence-corrected chi connectivity index (χ1v) is 3.92. The van der Waals surface area contributed by atoms with Crippen LogP contribution in [-0.4, -0.2) is 15.8 Å². The zero-order chi connectivity index (χ0) is 9.42. The van der Waals surface area contributed by atoms with Gasteiger partial charge in [0.1, 0.15) is 0 Å². The lowest BCUT2D eigenvalue weighted by molar-refractivity contribution is 0.197. The summed E-state index contributed by atoms with van der Waals surface area (Å²) in [6.07, 6.45) is -0.952. The Morgan fingerprint density at radius 1 is 1.62 bits per heavy atom. The molecule has 0 aliphatic carbocycles. The second-order valence-electron chi connectivity index (χ2n) is 2.87. The molecule has 1 aromatic heterocycles. The summed E-state index contributed by atoms with van der Waals surface area (Å²) in [6, 6.07) is 10.1. The van der Waals surface area contributed by atoms with Crippen LogP contribution in [0.3, 0.4) is 0 Å². The lowest BCUT2D eigenvalue weighted by Crippen LogP contribution is -2.08. The third-order valence-corrected chi connectivity index (χ3v) is 2.00. The van der Waals surface area contributed by atoms with Crippen molar-refractivity contribution in [1.29, 1.82) is 0 Å². The maximum absolute atomic E-state index is 10.8. The van der Waals surface area contributed by atoms with Gasteiger partial charge in [-0.2, -0.15) is 0 Å². The Morgan fingerprint density at radius 3 is 3.08 bits per heavy atom. The first-order valence-electron chi connectivity index (χ1n) is 3.92. The number of nitrogens with zero attached hydrogens (tertiary/aromatic N) is 1. The van der Waals surface area contributed by atoms with Gasteiger partial charge >= 0.3 is 6.09 Å². The number of rotatable bonds is 0. The number of aryl methyl sites for hydroxylation is 1. The van der Waals surface area contributed by atoms with Crippen molar-refractivity contribution in [3.63, 3.8) is 0 Å². The van der Waals surface area contributed by atoms with E-state index in [1.165, 1.54) is 4.57 Å². The molecule has 2 rings (SSSR count). The molecule has 0 bridgehead atoms. The maximum atomic E-state index is 10.8. The summed E-state index contributed by atoms with van der Waals surface area (Å²) in [4.78, 5) is 10.8. The molecule has 0 saturated carbocycles. The number of aromatic nitrogens is 1. The van der Waals surface area contributed by atoms with Crippen LogP contribution in [0.1, 0.15) is 5.69 Å². The van der Waals surface area contributed by atoms with Gasteiger partial charge in [0.15, 0.2) is 0 Å². The van der Waals surface area contributed by atoms with Crippen molar-refractivity contribution in [3.05, 3.63) is 36.0 Å². The van der Waals surface area contributed by atoms with Crippen LogP contribution in [0.25, 0.3) is 10.9 Å². The van der Waals surface area contributed by atoms with Crippen molar-refractivity contribution in [1.82, 2.24) is 4.57 Å². The van der Waals surface area contributed by atoms with E-state index in [1.807, 2.05) is 6.07 Å². The van der Waals surface area contributed by atoms with Gasteiger partial charge in [0.25, 0.3) is 0 Å². The predicted octanol–water partition coefficient (Wildman–Crippen LogP) is 2.28. The Balaban J connectivity index is 2.86. The van der Waals surface area contributed by atoms with Crippen LogP contribution >= 0.6 is 0 Å². The Labute approximate surface area is 75.2 Å². The third-order valence-electron chi connectivity index (χ3n) is 2.00. The van der Waals surface area contributed by atoms with Crippen LogP contribution in [0.15, 0.2) is 24.3 Å². The molecule has 2 aromatic rings. The zero-order valence-electron chi connectivity index (χ0n) is 7.11. The Morgan fingerprint density at radius 2 is 2.38 bits per heavy atom. The van der Waals surface area contributed by atoms with Gasteiger partial charge in [0.05, 0.1) is 5.52 Å². The molecule has 13 heavy (non-hydrogen) atoms. The number of hydrogen-bond acceptors (Lipinski definition) is 1. The molecule has 0 aliphatic heterocycles. The molecule has 0 fully saturated rings. The van der Waals surface area contributed by atoms with Crippen LogP contribution in [0.4, 0.5) is 4.79 Å². The first kappa shape index (κ1) is 7.86. The van der Waals surface area contributed by atoms with Crippen molar-refractivity contribution < 1.29 is 9.90 Å². The fourth-order valence-electron chi connectivity index (χ4n) is 1.47. The van der Waals surface area contributed by atoms with Crippen molar-refractivity contribution in [3.8, 4) is 0 Å². The van der Waals surface area contributed by atoms with E-state index < -0.39 is 6.09 Å². The lowest BCUT2D eigenvalue weighted by atomic mass is 10.2. The van der Waals surface area contributed by atoms with E-state index >= 15 is 0 Å². The van der Waals surface area contributed by atoms with Gasteiger partial charge < -0.3 is 5.11 Å². The average Bonchev–Trinajstić information content (AvgIpc) is 2.39. The van der Waals surface area contributed by atoms with E-state index in [9.17, 15) is 4.79 Å². The van der Waals surface area contributed by atoms with Crippen molar-refractivity contribution in [2.75, 3.05) is 0 Å². The summed E-state index contributed by atoms with van der Waals surface area (Å²) < 4.78 is 1.26. The van der Waals surface area contributed by atoms with E-state index in [0.29, 0.717) is 11.2 Å². The molecule has 0 spiro atoms. The fourth-order valence-corrected chi connectivity index (χ4v) is 1.47. The standard InChI is InChI=1S/C10H8NO2/c1-7-6-8-4-2-3-5-9(8)11(7)10(12)13/h2-3,5-6H,1H3,(H,12,13). The van der Waals surface area contributed by atoms with Gasteiger partial charge in [-0.15, -0.1) is 0 Å². The lowest BCUT2D eigenvalue weighted by Gasteiger charge is -1.98. The van der Waals surface area contributed by atoms with Gasteiger partial charge in [-0.05, 0) is 25.1 Å². The first-order chi connectivity index (χ1) is 6.20. The zero-order valence-corrected chi connectivity index (χ0v) is 7.11. The number of carboxylic acid groups (broad SMARTS) is 1. The van der Waals surface area contributed by atoms with Crippen molar-refractivity contribution >= 4 is 17.0 Å². The predicted molar refractivity (Wildman–Crippen MR) is 48.9 cm³/mol. The minimum atomic E-state index is -0.952. The molecule has 0 atom stereocenters. The van der Waals surface area contributed by atoms with Crippen LogP contribution in [0.5, 0.6) is 0 Å². The molecule has 0 aliphatic rings. The third kappa shape index (κ3) is 1.09. The Hall–Kier alpha value is -1.77. The summed E-state index contributed by atoms with van der Waals surface area (Å²) >= 11 is 0. The van der Waals surface area contributed by atoms with Crippen LogP contribution < -0.4 is 0 Å². The van der Waals surface area contributed by atoms with E-state index in [-0.39, 0.29) is 0 Å². The molecule has 65 valence electrons. The summed E-state index contributed by atoms with van der Waals surface area (Å²) in [5, 5.41) is 9.74. The van der Waals surface area contributed by atoms with E-state index in [2.05, 4.69) is 6.07 Å². The second kappa shape index (κ2) is 2.62. The molecule has 1 aromatic carbocycles. The molecule has 3 heteroatoms. The van der Waals surface area contributed by atoms with E-state index in [1.54, 1.807) is 25.1 Å². The average molecular weight is 174 g/mol. The SMILES string of the molecule is Cc1cc2[c]cccc2n1C(=O)O. The normalized spacial score (nSPS) is 10.5. The highest BCUT2D eigenvalue weighted by Crippen LogP contribution is 2.17. The molecule has 0 amide bonds. The molecule has 3 nitrogen and oxygen atoms in total. The van der Waals surface area contributed by atoms with Gasteiger partial charge in [0.2, 0.25) is 0 Å². The van der Waals surface area contributed by atoms with E-state index in [0.717, 1.165) is 5.39 Å². The topological polar surface area (TPSA) is 42.2 Å². The highest BCUT2D eigenvalue weighted by Gasteiger charge is 2.09. The highest BCUT2D eigenvalue weighted by atomic mass is 16.4. The summed E-state index contributed by atoms with van der Waals surface area (Å²) in [6.45, 7) is 1.77. The number of hydrogen-bond donors (Lipinski definition) is 1. The van der Waals surface area contributed by atoms with Crippen molar-refractivity contribution in [2.24, 2.45) is 0 Å². The Kier molecular flexibility index (Phi) is 1.59. The Bertz CT molecular complexity index is 471. The maximum Gasteiger partial charge on any atom is 0.416 e. The molecule has 1 radical (unpaired) electrons. The molecule has 1 N–H and O–H groups in total. The van der Waals surface area contributed by atoms with Crippen LogP contribution in [-0.2, 0) is 0 Å². The summed E-state index contributed by atoms with van der Waals surface area (Å²) in [7, 11) is 0. The molecular formula is C10H8NO2. The van der Waals surface area contributed by atoms with E-state index in [4.69, 9.17) is 5.11 Å². The van der Waals surface area contributed by atoms with Crippen LogP contribution in [0.2, 0.25) is 0 Å². The minimum absolute atomic E-state index is 0.688. The highest BCUT2D eigenvalue weighted by molar-refractivity contribution is 5.89.